The lowest BCUT2D eigenvalue weighted by Gasteiger charge is -2.16. The summed E-state index contributed by atoms with van der Waals surface area (Å²) in [6.07, 6.45) is 5.49. The minimum atomic E-state index is 0.304. The summed E-state index contributed by atoms with van der Waals surface area (Å²) in [6.45, 7) is 6.14. The molecule has 0 radical (unpaired) electrons. The van der Waals surface area contributed by atoms with E-state index in [9.17, 15) is 0 Å². The molecule has 1 aromatic heterocycles. The van der Waals surface area contributed by atoms with Crippen LogP contribution in [0, 0.1) is 0 Å². The quantitative estimate of drug-likeness (QED) is 0.724. The van der Waals surface area contributed by atoms with E-state index in [1.165, 1.54) is 5.57 Å². The first-order valence-corrected chi connectivity index (χ1v) is 4.88. The fraction of sp³-hybridized carbons (Fsp3) is 0.455. The highest BCUT2D eigenvalue weighted by Crippen LogP contribution is 2.19. The summed E-state index contributed by atoms with van der Waals surface area (Å²) in [5, 5.41) is 10.9. The van der Waals surface area contributed by atoms with Gasteiger partial charge < -0.3 is 5.32 Å². The Morgan fingerprint density at radius 3 is 2.86 bits per heavy atom. The summed E-state index contributed by atoms with van der Waals surface area (Å²) in [5.41, 5.74) is 2.42. The molecule has 0 fully saturated rings. The molecule has 0 aliphatic heterocycles. The fourth-order valence-electron chi connectivity index (χ4n) is 1.33. The summed E-state index contributed by atoms with van der Waals surface area (Å²) in [7, 11) is 1.95. The van der Waals surface area contributed by atoms with Crippen molar-refractivity contribution < 1.29 is 0 Å². The Bertz CT molecular complexity index is 282. The van der Waals surface area contributed by atoms with E-state index in [1.807, 2.05) is 13.1 Å². The van der Waals surface area contributed by atoms with Gasteiger partial charge in [0.15, 0.2) is 0 Å². The molecule has 1 atom stereocenters. The van der Waals surface area contributed by atoms with Crippen LogP contribution in [0.15, 0.2) is 30.6 Å². The van der Waals surface area contributed by atoms with Crippen molar-refractivity contribution in [2.45, 2.75) is 25.8 Å². The predicted octanol–water partition coefficient (Wildman–Crippen LogP) is 2.09. The Morgan fingerprint density at radius 1 is 1.57 bits per heavy atom. The fourth-order valence-corrected chi connectivity index (χ4v) is 1.33. The third-order valence-corrected chi connectivity index (χ3v) is 2.35. The zero-order valence-corrected chi connectivity index (χ0v) is 8.83. The van der Waals surface area contributed by atoms with Crippen molar-refractivity contribution in [2.24, 2.45) is 0 Å². The van der Waals surface area contributed by atoms with Crippen LogP contribution in [0.1, 0.15) is 31.4 Å². The predicted molar refractivity (Wildman–Crippen MR) is 57.9 cm³/mol. The van der Waals surface area contributed by atoms with Crippen LogP contribution in [0.3, 0.4) is 0 Å². The zero-order valence-electron chi connectivity index (χ0n) is 8.83. The average molecular weight is 191 g/mol. The Morgan fingerprint density at radius 2 is 2.36 bits per heavy atom. The van der Waals surface area contributed by atoms with Crippen molar-refractivity contribution in [3.05, 3.63) is 36.2 Å². The van der Waals surface area contributed by atoms with Gasteiger partial charge in [0.1, 0.15) is 0 Å². The highest BCUT2D eigenvalue weighted by molar-refractivity contribution is 5.14. The number of hydrogen-bond acceptors (Lipinski definition) is 3. The van der Waals surface area contributed by atoms with Gasteiger partial charge in [-0.15, -0.1) is 0 Å². The minimum Gasteiger partial charge on any atom is -0.313 e. The number of hydrogen-bond donors (Lipinski definition) is 1. The van der Waals surface area contributed by atoms with Gasteiger partial charge in [0, 0.05) is 12.2 Å². The lowest BCUT2D eigenvalue weighted by molar-refractivity contribution is 0.579. The van der Waals surface area contributed by atoms with Crippen LogP contribution in [0.4, 0.5) is 0 Å². The smallest absolute Gasteiger partial charge is 0.0544 e. The van der Waals surface area contributed by atoms with E-state index in [-0.39, 0.29) is 0 Å². The van der Waals surface area contributed by atoms with Gasteiger partial charge in [0.2, 0.25) is 0 Å². The van der Waals surface area contributed by atoms with E-state index in [0.29, 0.717) is 6.04 Å². The SMILES string of the molecule is C=C(CC)CC(NC)c1ccnnc1. The van der Waals surface area contributed by atoms with Crippen LogP contribution < -0.4 is 5.32 Å². The Kier molecular flexibility index (Phi) is 4.26. The number of aromatic nitrogens is 2. The maximum atomic E-state index is 4.01. The molecule has 0 amide bonds. The van der Waals surface area contributed by atoms with E-state index in [0.717, 1.165) is 18.4 Å². The lowest BCUT2D eigenvalue weighted by Crippen LogP contribution is -2.17. The number of rotatable bonds is 5. The van der Waals surface area contributed by atoms with Crippen LogP contribution in [-0.4, -0.2) is 17.2 Å². The highest BCUT2D eigenvalue weighted by atomic mass is 15.1. The summed E-state index contributed by atoms with van der Waals surface area (Å²) < 4.78 is 0. The van der Waals surface area contributed by atoms with E-state index >= 15 is 0 Å². The van der Waals surface area contributed by atoms with E-state index in [1.54, 1.807) is 12.4 Å². The van der Waals surface area contributed by atoms with E-state index < -0.39 is 0 Å². The summed E-state index contributed by atoms with van der Waals surface area (Å²) in [6, 6.07) is 2.29. The molecule has 76 valence electrons. The van der Waals surface area contributed by atoms with Gasteiger partial charge in [-0.1, -0.05) is 19.1 Å². The molecule has 0 aliphatic rings. The second-order valence-electron chi connectivity index (χ2n) is 3.32. The number of nitrogens with one attached hydrogen (secondary N) is 1. The monoisotopic (exact) mass is 191 g/mol. The van der Waals surface area contributed by atoms with Crippen LogP contribution in [0.25, 0.3) is 0 Å². The molecule has 1 N–H and O–H groups in total. The summed E-state index contributed by atoms with van der Waals surface area (Å²) in [5.74, 6) is 0. The third kappa shape index (κ3) is 2.92. The molecule has 0 saturated carbocycles. The van der Waals surface area contributed by atoms with Gasteiger partial charge in [-0.3, -0.25) is 0 Å². The molecule has 0 aromatic carbocycles. The second kappa shape index (κ2) is 5.50. The van der Waals surface area contributed by atoms with Gasteiger partial charge in [0.25, 0.3) is 0 Å². The molecule has 3 nitrogen and oxygen atoms in total. The van der Waals surface area contributed by atoms with Crippen LogP contribution in [0.5, 0.6) is 0 Å². The maximum Gasteiger partial charge on any atom is 0.0544 e. The Labute approximate surface area is 85.3 Å². The zero-order chi connectivity index (χ0) is 10.4. The molecule has 0 bridgehead atoms. The van der Waals surface area contributed by atoms with E-state index in [2.05, 4.69) is 29.0 Å². The molecule has 1 unspecified atom stereocenters. The minimum absolute atomic E-state index is 0.304. The van der Waals surface area contributed by atoms with Gasteiger partial charge in [-0.2, -0.15) is 10.2 Å². The van der Waals surface area contributed by atoms with Crippen molar-refractivity contribution in [1.29, 1.82) is 0 Å². The van der Waals surface area contributed by atoms with Gasteiger partial charge in [-0.25, -0.2) is 0 Å². The standard InChI is InChI=1S/C11H17N3/c1-4-9(2)7-11(12-3)10-5-6-13-14-8-10/h5-6,8,11-12H,2,4,7H2,1,3H3. The molecule has 0 saturated heterocycles. The normalized spacial score (nSPS) is 12.4. The molecule has 1 heterocycles. The van der Waals surface area contributed by atoms with Crippen molar-refractivity contribution in [3.63, 3.8) is 0 Å². The Balaban J connectivity index is 2.68. The van der Waals surface area contributed by atoms with Crippen LogP contribution in [-0.2, 0) is 0 Å². The third-order valence-electron chi connectivity index (χ3n) is 2.35. The molecule has 3 heteroatoms. The average Bonchev–Trinajstić information content (AvgIpc) is 2.26. The summed E-state index contributed by atoms with van der Waals surface area (Å²) >= 11 is 0. The highest BCUT2D eigenvalue weighted by Gasteiger charge is 2.09. The van der Waals surface area contributed by atoms with Gasteiger partial charge in [0.05, 0.1) is 6.20 Å². The largest absolute Gasteiger partial charge is 0.313 e. The van der Waals surface area contributed by atoms with Crippen LogP contribution >= 0.6 is 0 Å². The number of nitrogens with zero attached hydrogens (tertiary/aromatic N) is 2. The second-order valence-corrected chi connectivity index (χ2v) is 3.32. The molecule has 1 rings (SSSR count). The first kappa shape index (κ1) is 10.9. The molecular weight excluding hydrogens is 174 g/mol. The van der Waals surface area contributed by atoms with Gasteiger partial charge in [-0.05, 0) is 31.5 Å². The maximum absolute atomic E-state index is 4.01. The van der Waals surface area contributed by atoms with Gasteiger partial charge >= 0.3 is 0 Å². The first-order chi connectivity index (χ1) is 6.77. The first-order valence-electron chi connectivity index (χ1n) is 4.88. The molecule has 1 aromatic rings. The topological polar surface area (TPSA) is 37.8 Å². The van der Waals surface area contributed by atoms with Crippen LogP contribution in [0.2, 0.25) is 0 Å². The lowest BCUT2D eigenvalue weighted by atomic mass is 10.0. The van der Waals surface area contributed by atoms with Crippen molar-refractivity contribution in [3.8, 4) is 0 Å². The molecular formula is C11H17N3. The van der Waals surface area contributed by atoms with Crippen molar-refractivity contribution in [1.82, 2.24) is 15.5 Å². The molecule has 14 heavy (non-hydrogen) atoms. The van der Waals surface area contributed by atoms with E-state index in [4.69, 9.17) is 0 Å². The van der Waals surface area contributed by atoms with Crippen molar-refractivity contribution in [2.75, 3.05) is 7.05 Å². The van der Waals surface area contributed by atoms with Crippen molar-refractivity contribution >= 4 is 0 Å². The Hall–Kier alpha value is -1.22. The summed E-state index contributed by atoms with van der Waals surface area (Å²) in [4.78, 5) is 0. The molecule has 0 aliphatic carbocycles. The molecule has 0 spiro atoms.